The van der Waals surface area contributed by atoms with Crippen LogP contribution in [0.4, 0.5) is 0 Å². The molecule has 6 heteroatoms. The molecular formula is C9H11BrN4O. The summed E-state index contributed by atoms with van der Waals surface area (Å²) in [6.45, 7) is 2.11. The molecule has 0 fully saturated rings. The quantitative estimate of drug-likeness (QED) is 0.851. The molecule has 0 radical (unpaired) electrons. The molecule has 1 N–H and O–H groups in total. The Balaban J connectivity index is 2.35. The van der Waals surface area contributed by atoms with Gasteiger partial charge in [0.25, 0.3) is 0 Å². The van der Waals surface area contributed by atoms with Crippen molar-refractivity contribution in [2.24, 2.45) is 0 Å². The van der Waals surface area contributed by atoms with Crippen LogP contribution in [0.1, 0.15) is 19.0 Å². The lowest BCUT2D eigenvalue weighted by Crippen LogP contribution is -2.10. The summed E-state index contributed by atoms with van der Waals surface area (Å²) >= 11 is 3.55. The first-order valence-electron chi connectivity index (χ1n) is 4.76. The van der Waals surface area contributed by atoms with Crippen molar-refractivity contribution in [3.05, 3.63) is 28.6 Å². The SMILES string of the molecule is CCC(Br)Cc1cc2n[nH]c(=O)n2cn1. The number of halogens is 1. The monoisotopic (exact) mass is 270 g/mol. The van der Waals surface area contributed by atoms with E-state index in [1.807, 2.05) is 6.07 Å². The van der Waals surface area contributed by atoms with Crippen molar-refractivity contribution in [3.63, 3.8) is 0 Å². The number of fused-ring (bicyclic) bond motifs is 1. The smallest absolute Gasteiger partial charge is 0.246 e. The molecule has 80 valence electrons. The van der Waals surface area contributed by atoms with Gasteiger partial charge < -0.3 is 0 Å². The Morgan fingerprint density at radius 2 is 2.47 bits per heavy atom. The van der Waals surface area contributed by atoms with Gasteiger partial charge in [0, 0.05) is 23.0 Å². The molecule has 0 bridgehead atoms. The van der Waals surface area contributed by atoms with Crippen molar-refractivity contribution < 1.29 is 0 Å². The van der Waals surface area contributed by atoms with E-state index in [-0.39, 0.29) is 5.69 Å². The molecule has 2 rings (SSSR count). The van der Waals surface area contributed by atoms with E-state index in [1.165, 1.54) is 10.7 Å². The molecule has 0 spiro atoms. The lowest BCUT2D eigenvalue weighted by atomic mass is 10.2. The van der Waals surface area contributed by atoms with Gasteiger partial charge in [0.1, 0.15) is 6.33 Å². The maximum Gasteiger partial charge on any atom is 0.348 e. The Morgan fingerprint density at radius 3 is 3.20 bits per heavy atom. The minimum atomic E-state index is -0.255. The fourth-order valence-corrected chi connectivity index (χ4v) is 1.66. The molecule has 1 unspecified atom stereocenters. The minimum Gasteiger partial charge on any atom is -0.246 e. The molecule has 1 atom stereocenters. The standard InChI is InChI=1S/C9H11BrN4O/c1-2-6(10)3-7-4-8-12-13-9(15)14(8)5-11-7/h4-6H,2-3H2,1H3,(H,13,15). The molecule has 0 aliphatic carbocycles. The highest BCUT2D eigenvalue weighted by Gasteiger charge is 2.06. The Hall–Kier alpha value is -1.17. The zero-order valence-electron chi connectivity index (χ0n) is 8.27. The average molecular weight is 271 g/mol. The normalized spacial score (nSPS) is 13.2. The Morgan fingerprint density at radius 1 is 1.67 bits per heavy atom. The summed E-state index contributed by atoms with van der Waals surface area (Å²) in [6, 6.07) is 1.82. The van der Waals surface area contributed by atoms with Gasteiger partial charge >= 0.3 is 5.69 Å². The first-order chi connectivity index (χ1) is 7.20. The number of aromatic amines is 1. The molecule has 15 heavy (non-hydrogen) atoms. The second kappa shape index (κ2) is 4.14. The predicted molar refractivity (Wildman–Crippen MR) is 60.3 cm³/mol. The number of hydrogen-bond acceptors (Lipinski definition) is 3. The van der Waals surface area contributed by atoms with E-state index >= 15 is 0 Å². The number of nitrogens with zero attached hydrogens (tertiary/aromatic N) is 3. The number of rotatable bonds is 3. The van der Waals surface area contributed by atoms with E-state index in [0.29, 0.717) is 10.5 Å². The molecular weight excluding hydrogens is 260 g/mol. The van der Waals surface area contributed by atoms with Gasteiger partial charge in [0.05, 0.1) is 0 Å². The summed E-state index contributed by atoms with van der Waals surface area (Å²) in [5.74, 6) is 0. The third kappa shape index (κ3) is 2.09. The minimum absolute atomic E-state index is 0.255. The summed E-state index contributed by atoms with van der Waals surface area (Å²) in [4.78, 5) is 15.8. The highest BCUT2D eigenvalue weighted by molar-refractivity contribution is 9.09. The molecule has 0 aromatic carbocycles. The number of hydrogen-bond donors (Lipinski definition) is 1. The first kappa shape index (κ1) is 10.4. The van der Waals surface area contributed by atoms with E-state index in [4.69, 9.17) is 0 Å². The van der Waals surface area contributed by atoms with Gasteiger partial charge in [-0.2, -0.15) is 5.10 Å². The van der Waals surface area contributed by atoms with Gasteiger partial charge in [0.15, 0.2) is 5.65 Å². The van der Waals surface area contributed by atoms with E-state index in [2.05, 4.69) is 38.0 Å². The van der Waals surface area contributed by atoms with Crippen LogP contribution < -0.4 is 5.69 Å². The second-order valence-electron chi connectivity index (χ2n) is 3.35. The van der Waals surface area contributed by atoms with Crippen molar-refractivity contribution in [1.29, 1.82) is 0 Å². The first-order valence-corrected chi connectivity index (χ1v) is 5.68. The van der Waals surface area contributed by atoms with Gasteiger partial charge in [-0.05, 0) is 6.42 Å². The van der Waals surface area contributed by atoms with E-state index < -0.39 is 0 Å². The van der Waals surface area contributed by atoms with E-state index in [1.54, 1.807) is 0 Å². The van der Waals surface area contributed by atoms with Crippen molar-refractivity contribution >= 4 is 21.6 Å². The topological polar surface area (TPSA) is 63.0 Å². The second-order valence-corrected chi connectivity index (χ2v) is 4.64. The Bertz CT molecular complexity index is 518. The lowest BCUT2D eigenvalue weighted by Gasteiger charge is -2.05. The lowest BCUT2D eigenvalue weighted by molar-refractivity contribution is 0.802. The van der Waals surface area contributed by atoms with Crippen LogP contribution in [0.5, 0.6) is 0 Å². The van der Waals surface area contributed by atoms with Crippen LogP contribution in [0.2, 0.25) is 0 Å². The average Bonchev–Trinajstić information content (AvgIpc) is 2.60. The summed E-state index contributed by atoms with van der Waals surface area (Å²) in [6.07, 6.45) is 3.39. The van der Waals surface area contributed by atoms with E-state index in [9.17, 15) is 4.79 Å². The maximum absolute atomic E-state index is 11.2. The fraction of sp³-hybridized carbons (Fsp3) is 0.444. The molecule has 0 aliphatic rings. The third-order valence-corrected chi connectivity index (χ3v) is 3.21. The largest absolute Gasteiger partial charge is 0.348 e. The van der Waals surface area contributed by atoms with Gasteiger partial charge in [-0.25, -0.2) is 19.3 Å². The van der Waals surface area contributed by atoms with Crippen LogP contribution in [-0.4, -0.2) is 24.4 Å². The van der Waals surface area contributed by atoms with Crippen molar-refractivity contribution in [1.82, 2.24) is 19.6 Å². The summed E-state index contributed by atoms with van der Waals surface area (Å²) in [5, 5.41) is 6.26. The zero-order valence-corrected chi connectivity index (χ0v) is 9.86. The molecule has 0 amide bonds. The molecule has 2 aromatic rings. The summed E-state index contributed by atoms with van der Waals surface area (Å²) < 4.78 is 1.39. The van der Waals surface area contributed by atoms with Gasteiger partial charge in [-0.3, -0.25) is 0 Å². The van der Waals surface area contributed by atoms with Crippen LogP contribution in [0.15, 0.2) is 17.2 Å². The van der Waals surface area contributed by atoms with Gasteiger partial charge in [0.2, 0.25) is 0 Å². The Kier molecular flexibility index (Phi) is 2.86. The van der Waals surface area contributed by atoms with E-state index in [0.717, 1.165) is 18.5 Å². The summed E-state index contributed by atoms with van der Waals surface area (Å²) in [7, 11) is 0. The highest BCUT2D eigenvalue weighted by atomic mass is 79.9. The molecule has 0 saturated heterocycles. The van der Waals surface area contributed by atoms with Crippen LogP contribution >= 0.6 is 15.9 Å². The fourth-order valence-electron chi connectivity index (χ4n) is 1.33. The molecule has 2 aromatic heterocycles. The number of nitrogens with one attached hydrogen (secondary N) is 1. The zero-order chi connectivity index (χ0) is 10.8. The van der Waals surface area contributed by atoms with Crippen LogP contribution in [-0.2, 0) is 6.42 Å². The maximum atomic E-state index is 11.2. The van der Waals surface area contributed by atoms with Crippen LogP contribution in [0, 0.1) is 0 Å². The molecule has 0 aliphatic heterocycles. The molecule has 0 saturated carbocycles. The van der Waals surface area contributed by atoms with Crippen LogP contribution in [0.3, 0.4) is 0 Å². The van der Waals surface area contributed by atoms with Crippen molar-refractivity contribution in [3.8, 4) is 0 Å². The number of alkyl halides is 1. The van der Waals surface area contributed by atoms with Gasteiger partial charge in [-0.1, -0.05) is 22.9 Å². The highest BCUT2D eigenvalue weighted by Crippen LogP contribution is 2.11. The Labute approximate surface area is 94.7 Å². The molecule has 2 heterocycles. The third-order valence-electron chi connectivity index (χ3n) is 2.24. The number of H-pyrrole nitrogens is 1. The van der Waals surface area contributed by atoms with Crippen molar-refractivity contribution in [2.45, 2.75) is 24.6 Å². The van der Waals surface area contributed by atoms with Crippen molar-refractivity contribution in [2.75, 3.05) is 0 Å². The number of aromatic nitrogens is 4. The van der Waals surface area contributed by atoms with Crippen LogP contribution in [0.25, 0.3) is 5.65 Å². The summed E-state index contributed by atoms with van der Waals surface area (Å²) in [5.41, 5.74) is 1.29. The van der Waals surface area contributed by atoms with Gasteiger partial charge in [-0.15, -0.1) is 0 Å². The predicted octanol–water partition coefficient (Wildman–Crippen LogP) is 1.13. The molecule has 5 nitrogen and oxygen atoms in total.